The Hall–Kier alpha value is -3.63. The maximum absolute atomic E-state index is 13.6. The standard InChI is InChI=1S/C24H23FN4O4S/c1-3-20(34(31,32)33)16-7-5-9-19(13-16)24(22(30)29(2)23(26)28-24)18-8-4-6-15(12-18)17-10-11-21(25)27-14-17/h4-14,20H,3H2,1-2H3,(H2,26,28)(H,31,32,33). The number of halogens is 1. The first-order valence-electron chi connectivity index (χ1n) is 10.5. The van der Waals surface area contributed by atoms with Crippen molar-refractivity contribution in [3.8, 4) is 11.1 Å². The summed E-state index contributed by atoms with van der Waals surface area (Å²) >= 11 is 0. The van der Waals surface area contributed by atoms with E-state index in [1.54, 1.807) is 61.5 Å². The summed E-state index contributed by atoms with van der Waals surface area (Å²) in [6.45, 7) is 1.64. The molecular formula is C24H23FN4O4S. The molecule has 0 saturated carbocycles. The number of hydrogen-bond acceptors (Lipinski definition) is 6. The van der Waals surface area contributed by atoms with Gasteiger partial charge in [-0.25, -0.2) is 9.98 Å². The highest BCUT2D eigenvalue weighted by atomic mass is 32.2. The average Bonchev–Trinajstić information content (AvgIpc) is 3.04. The average molecular weight is 483 g/mol. The van der Waals surface area contributed by atoms with Gasteiger partial charge < -0.3 is 5.73 Å². The highest BCUT2D eigenvalue weighted by Crippen LogP contribution is 2.41. The zero-order valence-corrected chi connectivity index (χ0v) is 19.3. The van der Waals surface area contributed by atoms with Crippen molar-refractivity contribution in [2.24, 2.45) is 10.7 Å². The summed E-state index contributed by atoms with van der Waals surface area (Å²) in [7, 11) is -2.86. The van der Waals surface area contributed by atoms with Crippen molar-refractivity contribution in [1.82, 2.24) is 9.88 Å². The van der Waals surface area contributed by atoms with Crippen LogP contribution in [0.1, 0.15) is 35.3 Å². The molecule has 8 nitrogen and oxygen atoms in total. The van der Waals surface area contributed by atoms with Gasteiger partial charge in [-0.1, -0.05) is 49.4 Å². The molecule has 34 heavy (non-hydrogen) atoms. The van der Waals surface area contributed by atoms with Gasteiger partial charge in [-0.2, -0.15) is 12.8 Å². The van der Waals surface area contributed by atoms with Gasteiger partial charge in [-0.3, -0.25) is 14.2 Å². The molecule has 0 bridgehead atoms. The molecule has 3 aromatic rings. The molecule has 3 N–H and O–H groups in total. The maximum atomic E-state index is 13.6. The van der Waals surface area contributed by atoms with E-state index in [4.69, 9.17) is 5.73 Å². The fourth-order valence-electron chi connectivity index (χ4n) is 4.24. The normalized spacial score (nSPS) is 19.2. The Morgan fingerprint density at radius 1 is 1.09 bits per heavy atom. The van der Waals surface area contributed by atoms with Gasteiger partial charge in [0.05, 0.1) is 0 Å². The number of nitrogens with zero attached hydrogens (tertiary/aromatic N) is 3. The predicted molar refractivity (Wildman–Crippen MR) is 126 cm³/mol. The molecular weight excluding hydrogens is 459 g/mol. The van der Waals surface area contributed by atoms with Crippen LogP contribution in [-0.4, -0.2) is 41.8 Å². The van der Waals surface area contributed by atoms with Crippen molar-refractivity contribution >= 4 is 22.0 Å². The van der Waals surface area contributed by atoms with Crippen LogP contribution in [0.3, 0.4) is 0 Å². The number of pyridine rings is 1. The number of carbonyl (C=O) groups is 1. The van der Waals surface area contributed by atoms with Crippen molar-refractivity contribution in [3.63, 3.8) is 0 Å². The Morgan fingerprint density at radius 3 is 2.32 bits per heavy atom. The van der Waals surface area contributed by atoms with Crippen LogP contribution in [0.2, 0.25) is 0 Å². The first-order chi connectivity index (χ1) is 16.1. The lowest BCUT2D eigenvalue weighted by Crippen LogP contribution is -2.41. The van der Waals surface area contributed by atoms with Gasteiger partial charge in [0.25, 0.3) is 16.0 Å². The van der Waals surface area contributed by atoms with Crippen LogP contribution in [0.15, 0.2) is 71.9 Å². The second kappa shape index (κ2) is 8.62. The molecule has 4 rings (SSSR count). The summed E-state index contributed by atoms with van der Waals surface area (Å²) in [5, 5.41) is -1.16. The van der Waals surface area contributed by atoms with E-state index in [1.165, 1.54) is 24.2 Å². The summed E-state index contributed by atoms with van der Waals surface area (Å²) in [6, 6.07) is 16.2. The Labute approximate surface area is 196 Å². The van der Waals surface area contributed by atoms with Crippen LogP contribution < -0.4 is 5.73 Å². The van der Waals surface area contributed by atoms with Crippen molar-refractivity contribution in [2.75, 3.05) is 7.05 Å². The molecule has 2 heterocycles. The molecule has 0 saturated heterocycles. The van der Waals surface area contributed by atoms with Crippen LogP contribution >= 0.6 is 0 Å². The zero-order valence-electron chi connectivity index (χ0n) is 18.5. The molecule has 0 aliphatic carbocycles. The number of hydrogen-bond donors (Lipinski definition) is 2. The van der Waals surface area contributed by atoms with Crippen LogP contribution in [0.25, 0.3) is 11.1 Å². The molecule has 2 atom stereocenters. The highest BCUT2D eigenvalue weighted by Gasteiger charge is 2.49. The Morgan fingerprint density at radius 2 is 1.76 bits per heavy atom. The quantitative estimate of drug-likeness (QED) is 0.410. The lowest BCUT2D eigenvalue weighted by molar-refractivity contribution is -0.129. The molecule has 10 heteroatoms. The van der Waals surface area contributed by atoms with Crippen LogP contribution in [-0.2, 0) is 20.5 Å². The summed E-state index contributed by atoms with van der Waals surface area (Å²) in [5.41, 5.74) is 7.01. The van der Waals surface area contributed by atoms with Gasteiger partial charge in [0.2, 0.25) is 5.95 Å². The molecule has 0 spiro atoms. The minimum absolute atomic E-state index is 0.00563. The monoisotopic (exact) mass is 482 g/mol. The van der Waals surface area contributed by atoms with Crippen molar-refractivity contribution < 1.29 is 22.2 Å². The van der Waals surface area contributed by atoms with E-state index in [2.05, 4.69) is 9.98 Å². The number of guanidine groups is 1. The first-order valence-corrected chi connectivity index (χ1v) is 12.0. The Bertz CT molecular complexity index is 1390. The number of aliphatic imine (C=N–C) groups is 1. The predicted octanol–water partition coefficient (Wildman–Crippen LogP) is 3.26. The second-order valence-corrected chi connectivity index (χ2v) is 9.63. The van der Waals surface area contributed by atoms with E-state index in [1.807, 2.05) is 0 Å². The number of amides is 1. The zero-order chi connectivity index (χ0) is 24.7. The molecule has 1 aliphatic rings. The van der Waals surface area contributed by atoms with Crippen molar-refractivity contribution in [1.29, 1.82) is 0 Å². The topological polar surface area (TPSA) is 126 Å². The third-order valence-corrected chi connectivity index (χ3v) is 7.31. The molecule has 2 aromatic carbocycles. The van der Waals surface area contributed by atoms with Gasteiger partial charge in [0.1, 0.15) is 5.25 Å². The fourth-order valence-corrected chi connectivity index (χ4v) is 5.15. The first kappa shape index (κ1) is 23.5. The summed E-state index contributed by atoms with van der Waals surface area (Å²) in [6.07, 6.45) is 1.53. The van der Waals surface area contributed by atoms with Crippen LogP contribution in [0.4, 0.5) is 4.39 Å². The minimum atomic E-state index is -4.37. The largest absolute Gasteiger partial charge is 0.369 e. The maximum Gasteiger partial charge on any atom is 0.271 e. The number of carbonyl (C=O) groups excluding carboxylic acids is 1. The van der Waals surface area contributed by atoms with Crippen molar-refractivity contribution in [3.05, 3.63) is 89.5 Å². The second-order valence-electron chi connectivity index (χ2n) is 8.03. The minimum Gasteiger partial charge on any atom is -0.369 e. The Balaban J connectivity index is 1.93. The molecule has 1 aromatic heterocycles. The van der Waals surface area contributed by atoms with Gasteiger partial charge in [-0.15, -0.1) is 0 Å². The van der Waals surface area contributed by atoms with Crippen LogP contribution in [0.5, 0.6) is 0 Å². The lowest BCUT2D eigenvalue weighted by atomic mass is 9.81. The smallest absolute Gasteiger partial charge is 0.271 e. The number of likely N-dealkylation sites (N-methyl/N-ethyl adjacent to an activating group) is 1. The van der Waals surface area contributed by atoms with E-state index in [-0.39, 0.29) is 12.4 Å². The van der Waals surface area contributed by atoms with E-state index in [0.29, 0.717) is 27.8 Å². The summed E-state index contributed by atoms with van der Waals surface area (Å²) in [5.74, 6) is -1.02. The van der Waals surface area contributed by atoms with E-state index >= 15 is 0 Å². The van der Waals surface area contributed by atoms with Crippen molar-refractivity contribution in [2.45, 2.75) is 24.1 Å². The highest BCUT2D eigenvalue weighted by molar-refractivity contribution is 7.86. The van der Waals surface area contributed by atoms with E-state index in [9.17, 15) is 22.2 Å². The molecule has 176 valence electrons. The SMILES string of the molecule is CCC(c1cccc(C2(c3cccc(-c4ccc(F)nc4)c3)N=C(N)N(C)C2=O)c1)S(=O)(=O)O. The number of nitrogens with two attached hydrogens (primary N) is 1. The molecule has 1 amide bonds. The fraction of sp³-hybridized carbons (Fsp3) is 0.208. The lowest BCUT2D eigenvalue weighted by Gasteiger charge is -2.27. The molecule has 1 aliphatic heterocycles. The van der Waals surface area contributed by atoms with E-state index in [0.717, 1.165) is 0 Å². The van der Waals surface area contributed by atoms with Gasteiger partial charge in [-0.05, 0) is 46.9 Å². The number of aromatic nitrogens is 1. The summed E-state index contributed by atoms with van der Waals surface area (Å²) < 4.78 is 46.9. The number of benzene rings is 2. The van der Waals surface area contributed by atoms with Gasteiger partial charge in [0.15, 0.2) is 11.5 Å². The van der Waals surface area contributed by atoms with E-state index < -0.39 is 32.8 Å². The molecule has 0 fully saturated rings. The van der Waals surface area contributed by atoms with Gasteiger partial charge >= 0.3 is 0 Å². The van der Waals surface area contributed by atoms with Crippen LogP contribution in [0, 0.1) is 5.95 Å². The Kier molecular flexibility index (Phi) is 5.96. The third kappa shape index (κ3) is 3.95. The number of rotatable bonds is 6. The third-order valence-electron chi connectivity index (χ3n) is 5.99. The molecule has 2 unspecified atom stereocenters. The molecule has 0 radical (unpaired) electrons. The van der Waals surface area contributed by atoms with Gasteiger partial charge in [0, 0.05) is 18.8 Å². The summed E-state index contributed by atoms with van der Waals surface area (Å²) in [4.78, 5) is 23.0.